The van der Waals surface area contributed by atoms with Crippen molar-refractivity contribution in [2.75, 3.05) is 11.5 Å². The Morgan fingerprint density at radius 1 is 1.21 bits per heavy atom. The van der Waals surface area contributed by atoms with E-state index in [1.54, 1.807) is 35.6 Å². The molecule has 0 aliphatic carbocycles. The lowest BCUT2D eigenvalue weighted by Crippen LogP contribution is -2.07. The summed E-state index contributed by atoms with van der Waals surface area (Å²) in [4.78, 5) is 12.8. The first-order valence-corrected chi connectivity index (χ1v) is 8.08. The van der Waals surface area contributed by atoms with Crippen molar-refractivity contribution in [1.82, 2.24) is 19.5 Å². The average Bonchev–Trinajstić information content (AvgIpc) is 2.85. The lowest BCUT2D eigenvalue weighted by molar-refractivity contribution is -0.141. The zero-order valence-corrected chi connectivity index (χ0v) is 13.7. The minimum absolute atomic E-state index is 0.234. The van der Waals surface area contributed by atoms with Crippen LogP contribution >= 0.6 is 11.8 Å². The van der Waals surface area contributed by atoms with Crippen LogP contribution in [0.3, 0.4) is 0 Å². The molecule has 9 heteroatoms. The van der Waals surface area contributed by atoms with Crippen molar-refractivity contribution in [3.63, 3.8) is 0 Å². The van der Waals surface area contributed by atoms with Crippen LogP contribution in [0.1, 0.15) is 12.6 Å². The standard InChI is InChI=1S/C15H14F3N5S/c1-3-24-11-7-21-13(19)4-8(11)14-22-9-5-12(15(16,17)18)20-6-10(9)23(14)2/h4-7H,3H2,1-2H3,(H2,19,21). The number of pyridine rings is 2. The number of fused-ring (bicyclic) bond motifs is 1. The van der Waals surface area contributed by atoms with Crippen molar-refractivity contribution in [3.8, 4) is 11.4 Å². The molecule has 3 aromatic rings. The second-order valence-corrected chi connectivity index (χ2v) is 6.39. The first-order valence-electron chi connectivity index (χ1n) is 7.09. The van der Waals surface area contributed by atoms with E-state index in [-0.39, 0.29) is 5.52 Å². The predicted octanol–water partition coefficient (Wildman–Crippen LogP) is 3.74. The highest BCUT2D eigenvalue weighted by Crippen LogP contribution is 2.34. The molecule has 0 unspecified atom stereocenters. The molecule has 3 rings (SSSR count). The smallest absolute Gasteiger partial charge is 0.384 e. The Balaban J connectivity index is 2.21. The topological polar surface area (TPSA) is 69.6 Å². The van der Waals surface area contributed by atoms with Gasteiger partial charge in [0.05, 0.1) is 17.2 Å². The van der Waals surface area contributed by atoms with Crippen LogP contribution in [0.5, 0.6) is 0 Å². The van der Waals surface area contributed by atoms with Gasteiger partial charge in [-0.15, -0.1) is 11.8 Å². The molecular weight excluding hydrogens is 339 g/mol. The maximum atomic E-state index is 12.8. The molecule has 2 N–H and O–H groups in total. The summed E-state index contributed by atoms with van der Waals surface area (Å²) in [6.07, 6.45) is -1.67. The van der Waals surface area contributed by atoms with Gasteiger partial charge in [-0.1, -0.05) is 6.92 Å². The Morgan fingerprint density at radius 3 is 2.62 bits per heavy atom. The van der Waals surface area contributed by atoms with Crippen LogP contribution in [0.15, 0.2) is 29.4 Å². The third kappa shape index (κ3) is 2.91. The number of nitrogens with two attached hydrogens (primary N) is 1. The summed E-state index contributed by atoms with van der Waals surface area (Å²) in [5, 5.41) is 0. The van der Waals surface area contributed by atoms with Gasteiger partial charge in [-0.3, -0.25) is 0 Å². The Bertz CT molecular complexity index is 904. The molecule has 0 spiro atoms. The summed E-state index contributed by atoms with van der Waals surface area (Å²) in [7, 11) is 1.73. The lowest BCUT2D eigenvalue weighted by atomic mass is 10.2. The fraction of sp³-hybridized carbons (Fsp3) is 0.267. The predicted molar refractivity (Wildman–Crippen MR) is 87.6 cm³/mol. The monoisotopic (exact) mass is 353 g/mol. The van der Waals surface area contributed by atoms with Gasteiger partial charge in [0.2, 0.25) is 0 Å². The van der Waals surface area contributed by atoms with Crippen LogP contribution in [0.25, 0.3) is 22.4 Å². The maximum Gasteiger partial charge on any atom is 0.433 e. The van der Waals surface area contributed by atoms with E-state index in [2.05, 4.69) is 15.0 Å². The molecule has 0 saturated heterocycles. The molecule has 3 heterocycles. The summed E-state index contributed by atoms with van der Waals surface area (Å²) in [6.45, 7) is 2.00. The normalized spacial score (nSPS) is 12.0. The van der Waals surface area contributed by atoms with Crippen molar-refractivity contribution < 1.29 is 13.2 Å². The summed E-state index contributed by atoms with van der Waals surface area (Å²) in [5.41, 5.74) is 6.29. The SMILES string of the molecule is CCSc1cnc(N)cc1-c1nc2cc(C(F)(F)F)ncc2n1C. The molecule has 24 heavy (non-hydrogen) atoms. The molecule has 0 aliphatic heterocycles. The van der Waals surface area contributed by atoms with Gasteiger partial charge in [0.25, 0.3) is 0 Å². The summed E-state index contributed by atoms with van der Waals surface area (Å²) in [6, 6.07) is 2.63. The highest BCUT2D eigenvalue weighted by Gasteiger charge is 2.33. The van der Waals surface area contributed by atoms with Crippen LogP contribution < -0.4 is 5.73 Å². The highest BCUT2D eigenvalue weighted by molar-refractivity contribution is 7.99. The zero-order valence-electron chi connectivity index (χ0n) is 12.9. The minimum Gasteiger partial charge on any atom is -0.384 e. The van der Waals surface area contributed by atoms with E-state index in [4.69, 9.17) is 5.73 Å². The summed E-state index contributed by atoms with van der Waals surface area (Å²) < 4.78 is 40.2. The van der Waals surface area contributed by atoms with Gasteiger partial charge in [-0.2, -0.15) is 13.2 Å². The van der Waals surface area contributed by atoms with E-state index in [1.807, 2.05) is 6.92 Å². The number of rotatable bonds is 3. The molecule has 5 nitrogen and oxygen atoms in total. The van der Waals surface area contributed by atoms with E-state index in [9.17, 15) is 13.2 Å². The number of hydrogen-bond acceptors (Lipinski definition) is 5. The van der Waals surface area contributed by atoms with Crippen molar-refractivity contribution >= 4 is 28.6 Å². The van der Waals surface area contributed by atoms with Gasteiger partial charge < -0.3 is 10.3 Å². The van der Waals surface area contributed by atoms with Gasteiger partial charge in [0.1, 0.15) is 17.3 Å². The molecule has 3 aromatic heterocycles. The van der Waals surface area contributed by atoms with Gasteiger partial charge in [-0.05, 0) is 17.9 Å². The number of halogens is 3. The number of alkyl halides is 3. The highest BCUT2D eigenvalue weighted by atomic mass is 32.2. The Morgan fingerprint density at radius 2 is 1.96 bits per heavy atom. The van der Waals surface area contributed by atoms with Crippen molar-refractivity contribution in [3.05, 3.63) is 30.2 Å². The zero-order chi connectivity index (χ0) is 17.5. The van der Waals surface area contributed by atoms with Crippen LogP contribution in [-0.2, 0) is 13.2 Å². The molecule has 0 saturated carbocycles. The number of hydrogen-bond donors (Lipinski definition) is 1. The molecular formula is C15H14F3N5S. The van der Waals surface area contributed by atoms with E-state index >= 15 is 0 Å². The van der Waals surface area contributed by atoms with Gasteiger partial charge in [0, 0.05) is 23.7 Å². The molecule has 0 bridgehead atoms. The van der Waals surface area contributed by atoms with E-state index in [0.717, 1.165) is 22.3 Å². The number of nitrogen functional groups attached to an aromatic ring is 1. The number of aryl methyl sites for hydroxylation is 1. The van der Waals surface area contributed by atoms with E-state index in [0.29, 0.717) is 17.2 Å². The lowest BCUT2D eigenvalue weighted by Gasteiger charge is -2.09. The molecule has 0 fully saturated rings. The average molecular weight is 353 g/mol. The first kappa shape index (κ1) is 16.6. The van der Waals surface area contributed by atoms with E-state index < -0.39 is 11.9 Å². The fourth-order valence-electron chi connectivity index (χ4n) is 2.39. The number of thioether (sulfide) groups is 1. The van der Waals surface area contributed by atoms with Crippen LogP contribution in [0.2, 0.25) is 0 Å². The van der Waals surface area contributed by atoms with Crippen LogP contribution in [0, 0.1) is 0 Å². The quantitative estimate of drug-likeness (QED) is 0.727. The maximum absolute atomic E-state index is 12.8. The van der Waals surface area contributed by atoms with E-state index in [1.165, 1.54) is 6.20 Å². The van der Waals surface area contributed by atoms with Crippen molar-refractivity contribution in [2.24, 2.45) is 7.05 Å². The molecule has 0 aromatic carbocycles. The Labute approximate surface area is 140 Å². The molecule has 126 valence electrons. The molecule has 0 atom stereocenters. The summed E-state index contributed by atoms with van der Waals surface area (Å²) >= 11 is 1.56. The number of imidazole rings is 1. The largest absolute Gasteiger partial charge is 0.433 e. The van der Waals surface area contributed by atoms with Gasteiger partial charge >= 0.3 is 6.18 Å². The number of anilines is 1. The number of nitrogens with zero attached hydrogens (tertiary/aromatic N) is 4. The third-order valence-electron chi connectivity index (χ3n) is 3.49. The first-order chi connectivity index (χ1) is 11.3. The minimum atomic E-state index is -4.50. The van der Waals surface area contributed by atoms with Crippen LogP contribution in [0.4, 0.5) is 19.0 Å². The molecule has 0 radical (unpaired) electrons. The van der Waals surface area contributed by atoms with Gasteiger partial charge in [0.15, 0.2) is 0 Å². The number of aromatic nitrogens is 4. The Kier molecular flexibility index (Phi) is 4.12. The third-order valence-corrected chi connectivity index (χ3v) is 4.41. The van der Waals surface area contributed by atoms with Gasteiger partial charge in [-0.25, -0.2) is 15.0 Å². The van der Waals surface area contributed by atoms with Crippen molar-refractivity contribution in [2.45, 2.75) is 18.0 Å². The summed E-state index contributed by atoms with van der Waals surface area (Å²) in [5.74, 6) is 1.67. The van der Waals surface area contributed by atoms with Crippen molar-refractivity contribution in [1.29, 1.82) is 0 Å². The molecule has 0 aliphatic rings. The Hall–Kier alpha value is -2.29. The second-order valence-electron chi connectivity index (χ2n) is 5.09. The fourth-order valence-corrected chi connectivity index (χ4v) is 3.13. The van der Waals surface area contributed by atoms with Crippen LogP contribution in [-0.4, -0.2) is 25.3 Å². The molecule has 0 amide bonds. The second kappa shape index (κ2) is 5.97.